The molecule has 0 unspecified atom stereocenters. The number of anilines is 1. The highest BCUT2D eigenvalue weighted by Gasteiger charge is 2.28. The van der Waals surface area contributed by atoms with Crippen molar-refractivity contribution in [2.75, 3.05) is 49.9 Å². The van der Waals surface area contributed by atoms with Gasteiger partial charge in [0.05, 0.1) is 16.3 Å². The monoisotopic (exact) mass is 488 g/mol. The van der Waals surface area contributed by atoms with E-state index < -0.39 is 14.9 Å². The van der Waals surface area contributed by atoms with Gasteiger partial charge in [-0.2, -0.15) is 0 Å². The molecule has 0 radical (unpaired) electrons. The van der Waals surface area contributed by atoms with Crippen LogP contribution in [-0.2, 0) is 10.0 Å². The Balaban J connectivity index is 1.56. The molecular weight excluding hydrogens is 456 g/mol. The Morgan fingerprint density at radius 2 is 1.82 bits per heavy atom. The Morgan fingerprint density at radius 3 is 2.48 bits per heavy atom. The molecule has 0 atom stereocenters. The van der Waals surface area contributed by atoms with Crippen molar-refractivity contribution in [3.63, 3.8) is 0 Å². The first-order valence-electron chi connectivity index (χ1n) is 11.7. The van der Waals surface area contributed by atoms with Gasteiger partial charge >= 0.3 is 0 Å². The van der Waals surface area contributed by atoms with Gasteiger partial charge in [-0.3, -0.25) is 0 Å². The van der Waals surface area contributed by atoms with Gasteiger partial charge in [-0.25, -0.2) is 18.1 Å². The standard InChI is InChI=1S/C25H33ClN4O2S/c1-3-17-33(31,32)27-19-25(26)11-9-20(10-12-25)23-18-21-7-5-6-8-22(21)24(28-23)30-15-13-29(4-2)14-16-30/h5-12,18,20,27H,3-4,13-17,19H2,1-2H3. The van der Waals surface area contributed by atoms with E-state index in [2.05, 4.69) is 51.8 Å². The highest BCUT2D eigenvalue weighted by molar-refractivity contribution is 7.89. The Kier molecular flexibility index (Phi) is 7.43. The summed E-state index contributed by atoms with van der Waals surface area (Å²) in [5.41, 5.74) is 0.972. The number of hydrogen-bond donors (Lipinski definition) is 1. The molecule has 178 valence electrons. The van der Waals surface area contributed by atoms with Crippen LogP contribution in [0.15, 0.2) is 54.6 Å². The summed E-state index contributed by atoms with van der Waals surface area (Å²) in [5, 5.41) is 2.35. The first kappa shape index (κ1) is 24.2. The van der Waals surface area contributed by atoms with Gasteiger partial charge in [0.25, 0.3) is 0 Å². The normalized spacial score (nSPS) is 24.0. The minimum absolute atomic E-state index is 0.00980. The summed E-state index contributed by atoms with van der Waals surface area (Å²) in [4.78, 5) is 9.09. The van der Waals surface area contributed by atoms with Crippen LogP contribution in [0.25, 0.3) is 10.8 Å². The van der Waals surface area contributed by atoms with Crippen LogP contribution in [0.3, 0.4) is 0 Å². The van der Waals surface area contributed by atoms with Crippen molar-refractivity contribution in [2.24, 2.45) is 0 Å². The van der Waals surface area contributed by atoms with Crippen molar-refractivity contribution in [2.45, 2.75) is 31.1 Å². The first-order chi connectivity index (χ1) is 15.8. The fraction of sp³-hybridized carbons (Fsp3) is 0.480. The molecule has 2 aliphatic rings. The van der Waals surface area contributed by atoms with E-state index in [1.165, 1.54) is 10.8 Å². The van der Waals surface area contributed by atoms with Crippen molar-refractivity contribution in [1.29, 1.82) is 0 Å². The van der Waals surface area contributed by atoms with Gasteiger partial charge in [0.2, 0.25) is 10.0 Å². The van der Waals surface area contributed by atoms with Gasteiger partial charge in [0.1, 0.15) is 5.82 Å². The number of allylic oxidation sites excluding steroid dienone is 2. The number of hydrogen-bond acceptors (Lipinski definition) is 5. The van der Waals surface area contributed by atoms with Crippen molar-refractivity contribution in [3.8, 4) is 0 Å². The van der Waals surface area contributed by atoms with Crippen molar-refractivity contribution < 1.29 is 8.42 Å². The van der Waals surface area contributed by atoms with Crippen molar-refractivity contribution >= 4 is 38.2 Å². The Hall–Kier alpha value is -1.93. The molecule has 1 fully saturated rings. The number of alkyl halides is 1. The number of halogens is 1. The van der Waals surface area contributed by atoms with E-state index in [0.717, 1.165) is 44.2 Å². The summed E-state index contributed by atoms with van der Waals surface area (Å²) in [6.45, 7) is 9.28. The second-order valence-electron chi connectivity index (χ2n) is 8.82. The first-order valence-corrected chi connectivity index (χ1v) is 13.8. The zero-order chi connectivity index (χ0) is 23.5. The minimum atomic E-state index is -3.31. The number of rotatable bonds is 8. The van der Waals surface area contributed by atoms with E-state index in [9.17, 15) is 8.42 Å². The number of sulfonamides is 1. The molecule has 2 heterocycles. The third-order valence-electron chi connectivity index (χ3n) is 6.40. The van der Waals surface area contributed by atoms with E-state index >= 15 is 0 Å². The Labute approximate surface area is 202 Å². The molecule has 2 aromatic rings. The lowest BCUT2D eigenvalue weighted by atomic mass is 9.92. The Morgan fingerprint density at radius 1 is 1.12 bits per heavy atom. The zero-order valence-electron chi connectivity index (χ0n) is 19.4. The fourth-order valence-corrected chi connectivity index (χ4v) is 5.84. The molecule has 1 aliphatic heterocycles. The van der Waals surface area contributed by atoms with E-state index in [-0.39, 0.29) is 18.2 Å². The lowest BCUT2D eigenvalue weighted by Gasteiger charge is -2.35. The van der Waals surface area contributed by atoms with Gasteiger partial charge in [0, 0.05) is 44.0 Å². The second kappa shape index (κ2) is 10.1. The third-order valence-corrected chi connectivity index (χ3v) is 8.31. The van der Waals surface area contributed by atoms with Crippen LogP contribution in [0.1, 0.15) is 31.9 Å². The minimum Gasteiger partial charge on any atom is -0.354 e. The number of pyridine rings is 1. The largest absolute Gasteiger partial charge is 0.354 e. The highest BCUT2D eigenvalue weighted by Crippen LogP contribution is 2.34. The molecule has 4 rings (SSSR count). The summed E-state index contributed by atoms with van der Waals surface area (Å²) >= 11 is 6.68. The number of nitrogens with one attached hydrogen (secondary N) is 1. The van der Waals surface area contributed by atoms with Crippen LogP contribution in [-0.4, -0.2) is 68.2 Å². The van der Waals surface area contributed by atoms with Crippen LogP contribution in [0.4, 0.5) is 5.82 Å². The maximum atomic E-state index is 12.0. The molecule has 0 bridgehead atoms. The molecule has 1 N–H and O–H groups in total. The molecule has 1 aromatic heterocycles. The number of aromatic nitrogens is 1. The van der Waals surface area contributed by atoms with E-state index in [0.29, 0.717) is 6.42 Å². The summed E-state index contributed by atoms with van der Waals surface area (Å²) in [7, 11) is -3.31. The van der Waals surface area contributed by atoms with Crippen LogP contribution < -0.4 is 9.62 Å². The SMILES string of the molecule is CCCS(=O)(=O)NCC1(Cl)C=CC(c2cc3ccccc3c(N3CCN(CC)CC3)n2)C=C1. The second-order valence-corrected chi connectivity index (χ2v) is 11.5. The number of nitrogens with zero attached hydrogens (tertiary/aromatic N) is 3. The van der Waals surface area contributed by atoms with E-state index in [1.807, 2.05) is 31.2 Å². The molecule has 1 saturated heterocycles. The quantitative estimate of drug-likeness (QED) is 0.451. The summed E-state index contributed by atoms with van der Waals surface area (Å²) < 4.78 is 26.7. The van der Waals surface area contributed by atoms with E-state index in [4.69, 9.17) is 16.6 Å². The number of piperazine rings is 1. The fourth-order valence-electron chi connectivity index (χ4n) is 4.41. The molecule has 0 amide bonds. The molecule has 6 nitrogen and oxygen atoms in total. The molecule has 8 heteroatoms. The predicted octanol–water partition coefficient (Wildman–Crippen LogP) is 3.89. The number of fused-ring (bicyclic) bond motifs is 1. The van der Waals surface area contributed by atoms with Crippen LogP contribution in [0.5, 0.6) is 0 Å². The van der Waals surface area contributed by atoms with Crippen LogP contribution in [0.2, 0.25) is 0 Å². The van der Waals surface area contributed by atoms with Gasteiger partial charge in [-0.05, 0) is 24.4 Å². The van der Waals surface area contributed by atoms with E-state index in [1.54, 1.807) is 0 Å². The van der Waals surface area contributed by atoms with Gasteiger partial charge in [0.15, 0.2) is 0 Å². The molecule has 1 aliphatic carbocycles. The number of benzene rings is 1. The topological polar surface area (TPSA) is 65.5 Å². The van der Waals surface area contributed by atoms with Gasteiger partial charge in [-0.1, -0.05) is 62.4 Å². The average Bonchev–Trinajstić information content (AvgIpc) is 2.83. The summed E-state index contributed by atoms with van der Waals surface area (Å²) in [5.74, 6) is 1.13. The Bertz CT molecular complexity index is 1130. The average molecular weight is 489 g/mol. The maximum absolute atomic E-state index is 12.0. The molecular formula is C25H33ClN4O2S. The van der Waals surface area contributed by atoms with Gasteiger partial charge < -0.3 is 9.80 Å². The van der Waals surface area contributed by atoms with Crippen molar-refractivity contribution in [1.82, 2.24) is 14.6 Å². The van der Waals surface area contributed by atoms with Crippen LogP contribution >= 0.6 is 11.6 Å². The molecule has 1 aromatic carbocycles. The molecule has 0 saturated carbocycles. The lowest BCUT2D eigenvalue weighted by molar-refractivity contribution is 0.270. The zero-order valence-corrected chi connectivity index (χ0v) is 20.9. The predicted molar refractivity (Wildman–Crippen MR) is 138 cm³/mol. The maximum Gasteiger partial charge on any atom is 0.211 e. The molecule has 0 spiro atoms. The van der Waals surface area contributed by atoms with Gasteiger partial charge in [-0.15, -0.1) is 11.6 Å². The summed E-state index contributed by atoms with van der Waals surface area (Å²) in [6.07, 6.45) is 8.38. The summed E-state index contributed by atoms with van der Waals surface area (Å²) in [6, 6.07) is 10.6. The number of likely N-dealkylation sites (N-methyl/N-ethyl adjacent to an activating group) is 1. The smallest absolute Gasteiger partial charge is 0.211 e. The third kappa shape index (κ3) is 5.77. The highest BCUT2D eigenvalue weighted by atomic mass is 35.5. The van der Waals surface area contributed by atoms with Crippen LogP contribution in [0, 0.1) is 0 Å². The molecule has 33 heavy (non-hydrogen) atoms. The van der Waals surface area contributed by atoms with Crippen molar-refractivity contribution in [3.05, 3.63) is 60.3 Å². The lowest BCUT2D eigenvalue weighted by Crippen LogP contribution is -2.46.